The van der Waals surface area contributed by atoms with Crippen molar-refractivity contribution in [2.45, 2.75) is 43.5 Å². The standard InChI is InChI=1S/C37H24F12N2O6/c1-57-20-2-5-26(52)24(12-20)27-21-3-4-22-28(32(55)50(30(22)53)18-8-14(34(38,39)40)6-15(9-18)35(41,42)43)23(21)13-25-29(27)33(56)51(31(25)54)19-10-16(36(44,45)46)7-17(11-19)37(47,48)49/h2-3,5-12,22-23,25,27-29,52H,4,13H2,1H3/t22-,23+,25+,27+,28-,29+/m0/s1. The van der Waals surface area contributed by atoms with Gasteiger partial charge in [-0.1, -0.05) is 11.6 Å². The van der Waals surface area contributed by atoms with E-state index in [0.717, 1.165) is 6.07 Å². The maximum absolute atomic E-state index is 14.3. The number of amides is 4. The molecule has 6 atom stereocenters. The summed E-state index contributed by atoms with van der Waals surface area (Å²) in [6.45, 7) is 0. The van der Waals surface area contributed by atoms with E-state index >= 15 is 0 Å². The van der Waals surface area contributed by atoms with Gasteiger partial charge in [-0.05, 0) is 73.4 Å². The van der Waals surface area contributed by atoms with Crippen LogP contribution in [0.4, 0.5) is 64.1 Å². The highest BCUT2D eigenvalue weighted by molar-refractivity contribution is 6.24. The van der Waals surface area contributed by atoms with E-state index in [4.69, 9.17) is 4.74 Å². The van der Waals surface area contributed by atoms with E-state index in [0.29, 0.717) is 0 Å². The summed E-state index contributed by atoms with van der Waals surface area (Å²) in [5.74, 6) is -14.5. The number of hydrogen-bond acceptors (Lipinski definition) is 6. The molecule has 0 unspecified atom stereocenters. The van der Waals surface area contributed by atoms with Gasteiger partial charge in [0.15, 0.2) is 0 Å². The van der Waals surface area contributed by atoms with Crippen LogP contribution in [0.1, 0.15) is 46.6 Å². The van der Waals surface area contributed by atoms with E-state index in [9.17, 15) is 77.0 Å². The highest BCUT2D eigenvalue weighted by Gasteiger charge is 2.63. The van der Waals surface area contributed by atoms with Crippen LogP contribution in [-0.2, 0) is 43.9 Å². The Balaban J connectivity index is 1.37. The molecule has 2 heterocycles. The predicted octanol–water partition coefficient (Wildman–Crippen LogP) is 8.52. The van der Waals surface area contributed by atoms with Gasteiger partial charge in [0, 0.05) is 11.5 Å². The van der Waals surface area contributed by atoms with Crippen LogP contribution in [0.3, 0.4) is 0 Å². The van der Waals surface area contributed by atoms with Crippen LogP contribution in [-0.4, -0.2) is 35.8 Å². The van der Waals surface area contributed by atoms with Crippen molar-refractivity contribution in [2.24, 2.45) is 29.6 Å². The molecule has 3 fully saturated rings. The zero-order valence-electron chi connectivity index (χ0n) is 28.6. The van der Waals surface area contributed by atoms with Gasteiger partial charge in [0.2, 0.25) is 23.6 Å². The third-order valence-corrected chi connectivity index (χ3v) is 10.9. The second kappa shape index (κ2) is 13.0. The molecule has 0 radical (unpaired) electrons. The Hall–Kier alpha value is -5.56. The van der Waals surface area contributed by atoms with Gasteiger partial charge in [-0.3, -0.25) is 19.2 Å². The Morgan fingerprint density at radius 2 is 1.02 bits per heavy atom. The molecule has 302 valence electrons. The quantitative estimate of drug-likeness (QED) is 0.161. The molecule has 20 heteroatoms. The predicted molar refractivity (Wildman–Crippen MR) is 170 cm³/mol. The fraction of sp³-hybridized carbons (Fsp3) is 0.351. The van der Waals surface area contributed by atoms with Crippen molar-refractivity contribution in [3.63, 3.8) is 0 Å². The summed E-state index contributed by atoms with van der Waals surface area (Å²) in [6, 6.07) is 3.94. The van der Waals surface area contributed by atoms with Crippen molar-refractivity contribution >= 4 is 35.0 Å². The molecule has 1 saturated carbocycles. The van der Waals surface area contributed by atoms with Crippen molar-refractivity contribution in [2.75, 3.05) is 16.9 Å². The van der Waals surface area contributed by atoms with E-state index in [1.54, 1.807) is 0 Å². The number of allylic oxidation sites excluding steroid dienone is 2. The Labute approximate surface area is 312 Å². The van der Waals surface area contributed by atoms with E-state index in [2.05, 4.69) is 0 Å². The SMILES string of the molecule is COc1ccc(O)c([C@H]2C3=CC[C@@H]4C(=O)N(c5cc(C(F)(F)F)cc(C(F)(F)F)c5)C(=O)[C@@H]4[C@@H]3C[C@H]3C(=O)N(c4cc(C(F)(F)F)cc(C(F)(F)F)c4)C(=O)[C@@H]23)c1. The molecule has 0 spiro atoms. The molecular formula is C37H24F12N2O6. The molecule has 4 amide bonds. The molecule has 2 aliphatic carbocycles. The van der Waals surface area contributed by atoms with Crippen molar-refractivity contribution in [1.82, 2.24) is 0 Å². The molecule has 2 saturated heterocycles. The van der Waals surface area contributed by atoms with E-state index in [1.807, 2.05) is 0 Å². The minimum atomic E-state index is -5.37. The molecule has 0 bridgehead atoms. The van der Waals surface area contributed by atoms with Crippen molar-refractivity contribution in [3.8, 4) is 11.5 Å². The van der Waals surface area contributed by atoms with Crippen LogP contribution < -0.4 is 14.5 Å². The van der Waals surface area contributed by atoms with Gasteiger partial charge >= 0.3 is 24.7 Å². The summed E-state index contributed by atoms with van der Waals surface area (Å²) >= 11 is 0. The zero-order chi connectivity index (χ0) is 41.9. The number of rotatable bonds is 4. The molecular weight excluding hydrogens is 796 g/mol. The molecule has 2 aliphatic heterocycles. The first kappa shape index (κ1) is 39.7. The Morgan fingerprint density at radius 3 is 1.46 bits per heavy atom. The average molecular weight is 821 g/mol. The fourth-order valence-electron chi connectivity index (χ4n) is 8.49. The summed E-state index contributed by atoms with van der Waals surface area (Å²) in [5.41, 5.74) is -9.52. The highest BCUT2D eigenvalue weighted by Crippen LogP contribution is 2.60. The Kier molecular flexibility index (Phi) is 9.04. The molecule has 7 rings (SSSR count). The number of alkyl halides is 12. The van der Waals surface area contributed by atoms with Crippen molar-refractivity contribution < 1.29 is 81.7 Å². The number of phenolic OH excluding ortho intramolecular Hbond substituents is 1. The monoisotopic (exact) mass is 820 g/mol. The Bertz CT molecular complexity index is 2200. The van der Waals surface area contributed by atoms with Gasteiger partial charge in [-0.15, -0.1) is 0 Å². The normalized spacial score (nSPS) is 25.4. The average Bonchev–Trinajstić information content (AvgIpc) is 3.52. The molecule has 4 aliphatic rings. The fourth-order valence-corrected chi connectivity index (χ4v) is 8.49. The number of phenols is 1. The van der Waals surface area contributed by atoms with Crippen LogP contribution in [0.25, 0.3) is 0 Å². The first-order chi connectivity index (χ1) is 26.3. The molecule has 57 heavy (non-hydrogen) atoms. The van der Waals surface area contributed by atoms with Crippen LogP contribution in [0, 0.1) is 29.6 Å². The number of methoxy groups -OCH3 is 1. The summed E-state index contributed by atoms with van der Waals surface area (Å²) in [5, 5.41) is 11.1. The van der Waals surface area contributed by atoms with Crippen LogP contribution in [0.15, 0.2) is 66.2 Å². The van der Waals surface area contributed by atoms with E-state index in [-0.39, 0.29) is 69.5 Å². The van der Waals surface area contributed by atoms with Gasteiger partial charge in [0.05, 0.1) is 64.4 Å². The van der Waals surface area contributed by atoms with Gasteiger partial charge in [0.1, 0.15) is 11.5 Å². The largest absolute Gasteiger partial charge is 0.508 e. The second-order valence-corrected chi connectivity index (χ2v) is 14.0. The number of carbonyl (C=O) groups excluding carboxylic acids is 4. The van der Waals surface area contributed by atoms with Gasteiger partial charge in [0.25, 0.3) is 0 Å². The third-order valence-electron chi connectivity index (χ3n) is 10.9. The van der Waals surface area contributed by atoms with Crippen molar-refractivity contribution in [3.05, 3.63) is 94.1 Å². The lowest BCUT2D eigenvalue weighted by molar-refractivity contribution is -0.144. The van der Waals surface area contributed by atoms with E-state index in [1.165, 1.54) is 25.3 Å². The summed E-state index contributed by atoms with van der Waals surface area (Å²) < 4.78 is 171. The number of fused-ring (bicyclic) bond motifs is 4. The number of aromatic hydroxyl groups is 1. The smallest absolute Gasteiger partial charge is 0.416 e. The molecule has 1 N–H and O–H groups in total. The number of ether oxygens (including phenoxy) is 1. The topological polar surface area (TPSA) is 104 Å². The van der Waals surface area contributed by atoms with Gasteiger partial charge in [-0.25, -0.2) is 9.80 Å². The molecule has 3 aromatic carbocycles. The van der Waals surface area contributed by atoms with Gasteiger partial charge in [-0.2, -0.15) is 52.7 Å². The molecule has 0 aromatic heterocycles. The number of imide groups is 2. The zero-order valence-corrected chi connectivity index (χ0v) is 28.6. The number of carbonyl (C=O) groups is 4. The number of benzene rings is 3. The molecule has 8 nitrogen and oxygen atoms in total. The first-order valence-corrected chi connectivity index (χ1v) is 16.7. The van der Waals surface area contributed by atoms with Crippen molar-refractivity contribution in [1.29, 1.82) is 0 Å². The second-order valence-electron chi connectivity index (χ2n) is 14.0. The Morgan fingerprint density at radius 1 is 0.579 bits per heavy atom. The lowest BCUT2D eigenvalue weighted by Gasteiger charge is -2.44. The van der Waals surface area contributed by atoms with Crippen LogP contribution in [0.2, 0.25) is 0 Å². The summed E-state index contributed by atoms with van der Waals surface area (Å²) in [6.07, 6.45) is -21.0. The number of anilines is 2. The minimum absolute atomic E-state index is 0.0698. The molecule has 3 aromatic rings. The lowest BCUT2D eigenvalue weighted by Crippen LogP contribution is -2.43. The maximum Gasteiger partial charge on any atom is 0.416 e. The number of hydrogen-bond donors (Lipinski definition) is 1. The first-order valence-electron chi connectivity index (χ1n) is 16.7. The van der Waals surface area contributed by atoms with Crippen LogP contribution >= 0.6 is 0 Å². The summed E-state index contributed by atoms with van der Waals surface area (Å²) in [4.78, 5) is 56.8. The van der Waals surface area contributed by atoms with Gasteiger partial charge < -0.3 is 9.84 Å². The highest BCUT2D eigenvalue weighted by atomic mass is 19.4. The third kappa shape index (κ3) is 6.55. The lowest BCUT2D eigenvalue weighted by atomic mass is 9.57. The number of halogens is 12. The number of nitrogens with zero attached hydrogens (tertiary/aromatic N) is 2. The minimum Gasteiger partial charge on any atom is -0.508 e. The van der Waals surface area contributed by atoms with Crippen LogP contribution in [0.5, 0.6) is 11.5 Å². The van der Waals surface area contributed by atoms with E-state index < -0.39 is 130 Å². The maximum atomic E-state index is 14.3. The summed E-state index contributed by atoms with van der Waals surface area (Å²) in [7, 11) is 1.22.